The van der Waals surface area contributed by atoms with Gasteiger partial charge in [0, 0.05) is 11.6 Å². The number of pyridine rings is 1. The van der Waals surface area contributed by atoms with Gasteiger partial charge in [0.15, 0.2) is 0 Å². The van der Waals surface area contributed by atoms with Gasteiger partial charge in [-0.05, 0) is 18.2 Å². The summed E-state index contributed by atoms with van der Waals surface area (Å²) >= 11 is 0. The Hall–Kier alpha value is -2.96. The molecule has 0 bridgehead atoms. The number of hydrogen-bond donors (Lipinski definition) is 3. The number of H-pyrrole nitrogens is 1. The van der Waals surface area contributed by atoms with E-state index in [4.69, 9.17) is 10.8 Å². The van der Waals surface area contributed by atoms with Crippen molar-refractivity contribution in [2.75, 3.05) is 5.73 Å². The van der Waals surface area contributed by atoms with Crippen LogP contribution in [0.1, 0.15) is 10.4 Å². The number of hydrogen-bond acceptors (Lipinski definition) is 5. The normalized spacial score (nSPS) is 10.9. The highest BCUT2D eigenvalue weighted by Crippen LogP contribution is 2.21. The first-order valence-corrected chi connectivity index (χ1v) is 5.38. The number of fused-ring (bicyclic) bond motifs is 3. The molecule has 3 aromatic rings. The van der Waals surface area contributed by atoms with E-state index in [2.05, 4.69) is 15.0 Å². The molecule has 2 heterocycles. The predicted molar refractivity (Wildman–Crippen MR) is 69.0 cm³/mol. The van der Waals surface area contributed by atoms with Crippen LogP contribution in [0.15, 0.2) is 29.2 Å². The van der Waals surface area contributed by atoms with E-state index in [1.54, 1.807) is 6.07 Å². The molecule has 0 atom stereocenters. The van der Waals surface area contributed by atoms with Crippen LogP contribution in [0.3, 0.4) is 0 Å². The van der Waals surface area contributed by atoms with Crippen LogP contribution in [0.25, 0.3) is 21.8 Å². The molecule has 3 rings (SSSR count). The Labute approximate surface area is 105 Å². The standard InChI is InChI=1S/C12H8N4O3/c13-12-15-9-6-3-5(11(18)19)1-2-8(6)14-4-7(9)10(17)16-12/h1-4H,(H,18,19)(H3,13,15,16,17). The number of carbonyl (C=O) groups is 1. The summed E-state index contributed by atoms with van der Waals surface area (Å²) in [5.41, 5.74) is 6.10. The molecule has 0 unspecified atom stereocenters. The van der Waals surface area contributed by atoms with E-state index < -0.39 is 11.5 Å². The maximum Gasteiger partial charge on any atom is 0.335 e. The fourth-order valence-corrected chi connectivity index (χ4v) is 1.93. The van der Waals surface area contributed by atoms with Crippen molar-refractivity contribution in [3.05, 3.63) is 40.3 Å². The summed E-state index contributed by atoms with van der Waals surface area (Å²) < 4.78 is 0. The van der Waals surface area contributed by atoms with Crippen LogP contribution in [0.5, 0.6) is 0 Å². The van der Waals surface area contributed by atoms with Gasteiger partial charge in [-0.2, -0.15) is 0 Å². The molecule has 1 aromatic carbocycles. The average Bonchev–Trinajstić information content (AvgIpc) is 2.37. The molecule has 7 nitrogen and oxygen atoms in total. The highest BCUT2D eigenvalue weighted by molar-refractivity contribution is 6.05. The van der Waals surface area contributed by atoms with Crippen molar-refractivity contribution in [2.45, 2.75) is 0 Å². The smallest absolute Gasteiger partial charge is 0.335 e. The van der Waals surface area contributed by atoms with Crippen LogP contribution in [-0.4, -0.2) is 26.0 Å². The number of nitrogens with one attached hydrogen (secondary N) is 1. The zero-order valence-electron chi connectivity index (χ0n) is 9.54. The van der Waals surface area contributed by atoms with Gasteiger partial charge >= 0.3 is 5.97 Å². The number of aromatic nitrogens is 3. The number of aromatic amines is 1. The quantitative estimate of drug-likeness (QED) is 0.552. The Kier molecular flexibility index (Phi) is 2.21. The molecule has 7 heteroatoms. The van der Waals surface area contributed by atoms with Crippen molar-refractivity contribution >= 4 is 33.7 Å². The zero-order chi connectivity index (χ0) is 13.6. The number of carboxylic acids is 1. The largest absolute Gasteiger partial charge is 0.478 e. The SMILES string of the molecule is Nc1nc2c(cnc3ccc(C(=O)O)cc32)c(=O)[nH]1. The molecule has 0 saturated heterocycles. The van der Waals surface area contributed by atoms with Crippen molar-refractivity contribution in [3.8, 4) is 0 Å². The van der Waals surface area contributed by atoms with E-state index in [9.17, 15) is 9.59 Å². The Balaban J connectivity index is 2.53. The second kappa shape index (κ2) is 3.77. The highest BCUT2D eigenvalue weighted by atomic mass is 16.4. The van der Waals surface area contributed by atoms with Crippen LogP contribution in [0, 0.1) is 0 Å². The lowest BCUT2D eigenvalue weighted by Gasteiger charge is -2.03. The van der Waals surface area contributed by atoms with Crippen LogP contribution in [-0.2, 0) is 0 Å². The number of nitrogens with two attached hydrogens (primary N) is 1. The molecule has 0 amide bonds. The van der Waals surface area contributed by atoms with Gasteiger partial charge in [0.05, 0.1) is 22.0 Å². The molecule has 2 aromatic heterocycles. The number of nitrogen functional groups attached to an aromatic ring is 1. The van der Waals surface area contributed by atoms with E-state index in [0.717, 1.165) is 0 Å². The Bertz CT molecular complexity index is 885. The molecule has 4 N–H and O–H groups in total. The topological polar surface area (TPSA) is 122 Å². The van der Waals surface area contributed by atoms with Gasteiger partial charge in [0.1, 0.15) is 0 Å². The number of carboxylic acid groups (broad SMARTS) is 1. The third-order valence-electron chi connectivity index (χ3n) is 2.80. The molecule has 0 aliphatic carbocycles. The average molecular weight is 256 g/mol. The summed E-state index contributed by atoms with van der Waals surface area (Å²) in [6.07, 6.45) is 1.39. The Morgan fingerprint density at radius 3 is 2.84 bits per heavy atom. The van der Waals surface area contributed by atoms with Gasteiger partial charge in [-0.25, -0.2) is 9.78 Å². The summed E-state index contributed by atoms with van der Waals surface area (Å²) in [7, 11) is 0. The number of nitrogens with zero attached hydrogens (tertiary/aromatic N) is 2. The molecule has 0 aliphatic rings. The first kappa shape index (κ1) is 11.1. The second-order valence-corrected chi connectivity index (χ2v) is 4.01. The fraction of sp³-hybridized carbons (Fsp3) is 0. The lowest BCUT2D eigenvalue weighted by atomic mass is 10.1. The van der Waals surface area contributed by atoms with E-state index >= 15 is 0 Å². The molecule has 94 valence electrons. The number of rotatable bonds is 1. The first-order valence-electron chi connectivity index (χ1n) is 5.38. The Morgan fingerprint density at radius 2 is 2.11 bits per heavy atom. The fourth-order valence-electron chi connectivity index (χ4n) is 1.93. The van der Waals surface area contributed by atoms with Crippen LogP contribution < -0.4 is 11.3 Å². The van der Waals surface area contributed by atoms with Gasteiger partial charge in [0.25, 0.3) is 5.56 Å². The minimum Gasteiger partial charge on any atom is -0.478 e. The monoisotopic (exact) mass is 256 g/mol. The van der Waals surface area contributed by atoms with Crippen molar-refractivity contribution in [3.63, 3.8) is 0 Å². The summed E-state index contributed by atoms with van der Waals surface area (Å²) in [6, 6.07) is 4.44. The minimum atomic E-state index is -1.06. The summed E-state index contributed by atoms with van der Waals surface area (Å²) in [6.45, 7) is 0. The maximum atomic E-state index is 11.7. The minimum absolute atomic E-state index is 0.0225. The third-order valence-corrected chi connectivity index (χ3v) is 2.80. The molecule has 0 spiro atoms. The van der Waals surface area contributed by atoms with Crippen LogP contribution in [0.2, 0.25) is 0 Å². The zero-order valence-corrected chi connectivity index (χ0v) is 9.54. The third kappa shape index (κ3) is 1.68. The predicted octanol–water partition coefficient (Wildman–Crippen LogP) is 0.752. The highest BCUT2D eigenvalue weighted by Gasteiger charge is 2.10. The lowest BCUT2D eigenvalue weighted by Crippen LogP contribution is -2.11. The Morgan fingerprint density at radius 1 is 1.32 bits per heavy atom. The van der Waals surface area contributed by atoms with Gasteiger partial charge in [0.2, 0.25) is 5.95 Å². The number of anilines is 1. The van der Waals surface area contributed by atoms with Gasteiger partial charge < -0.3 is 10.8 Å². The molecule has 0 saturated carbocycles. The van der Waals surface area contributed by atoms with E-state index in [0.29, 0.717) is 16.4 Å². The van der Waals surface area contributed by atoms with Gasteiger partial charge in [-0.3, -0.25) is 14.8 Å². The lowest BCUT2D eigenvalue weighted by molar-refractivity contribution is 0.0697. The number of aromatic carboxylic acids is 1. The molecular formula is C12H8N4O3. The van der Waals surface area contributed by atoms with E-state index in [-0.39, 0.29) is 16.9 Å². The molecular weight excluding hydrogens is 248 g/mol. The summed E-state index contributed by atoms with van der Waals surface area (Å²) in [5.74, 6) is -1.08. The summed E-state index contributed by atoms with van der Waals surface area (Å²) in [4.78, 5) is 33.2. The van der Waals surface area contributed by atoms with Crippen molar-refractivity contribution in [1.82, 2.24) is 15.0 Å². The molecule has 19 heavy (non-hydrogen) atoms. The molecule has 0 aliphatic heterocycles. The van der Waals surface area contributed by atoms with Gasteiger partial charge in [-0.1, -0.05) is 0 Å². The maximum absolute atomic E-state index is 11.7. The van der Waals surface area contributed by atoms with Crippen LogP contribution >= 0.6 is 0 Å². The van der Waals surface area contributed by atoms with E-state index in [1.165, 1.54) is 18.3 Å². The number of benzene rings is 1. The summed E-state index contributed by atoms with van der Waals surface area (Å²) in [5, 5.41) is 9.74. The molecule has 0 radical (unpaired) electrons. The van der Waals surface area contributed by atoms with Crippen molar-refractivity contribution < 1.29 is 9.90 Å². The van der Waals surface area contributed by atoms with Gasteiger partial charge in [-0.15, -0.1) is 0 Å². The second-order valence-electron chi connectivity index (χ2n) is 4.01. The van der Waals surface area contributed by atoms with Crippen LogP contribution in [0.4, 0.5) is 5.95 Å². The van der Waals surface area contributed by atoms with E-state index in [1.807, 2.05) is 0 Å². The first-order chi connectivity index (χ1) is 9.06. The van der Waals surface area contributed by atoms with Crippen molar-refractivity contribution in [1.29, 1.82) is 0 Å². The van der Waals surface area contributed by atoms with Crippen molar-refractivity contribution in [2.24, 2.45) is 0 Å². The molecule has 0 fully saturated rings.